The molecule has 0 spiro atoms. The number of rotatable bonds is 9. The van der Waals surface area contributed by atoms with Gasteiger partial charge < -0.3 is 9.55 Å². The standard InChI is InChI=1S/C25H31N5O2S/c1-17-23(19(3)31)18(2)26-24(17)21(32)16-33-25-28-27-22(15-29-12-8-5-9-13-29)30(25)14-20-10-6-4-7-11-20/h4,6-7,10-11,26H,5,8-9,12-16H2,1-3H3. The summed E-state index contributed by atoms with van der Waals surface area (Å²) in [5.41, 5.74) is 3.76. The highest BCUT2D eigenvalue weighted by atomic mass is 32.2. The summed E-state index contributed by atoms with van der Waals surface area (Å²) in [6.45, 7) is 8.80. The van der Waals surface area contributed by atoms with Gasteiger partial charge in [0.15, 0.2) is 16.7 Å². The first-order valence-corrected chi connectivity index (χ1v) is 12.5. The molecule has 0 aliphatic carbocycles. The zero-order chi connectivity index (χ0) is 23.4. The average Bonchev–Trinajstić information content (AvgIpc) is 3.32. The molecular formula is C25H31N5O2S. The van der Waals surface area contributed by atoms with Crippen molar-refractivity contribution in [2.75, 3.05) is 18.8 Å². The summed E-state index contributed by atoms with van der Waals surface area (Å²) in [5.74, 6) is 1.09. The summed E-state index contributed by atoms with van der Waals surface area (Å²) < 4.78 is 2.13. The number of H-pyrrole nitrogens is 1. The molecule has 0 atom stereocenters. The minimum Gasteiger partial charge on any atom is -0.355 e. The number of aromatic nitrogens is 4. The Labute approximate surface area is 199 Å². The highest BCUT2D eigenvalue weighted by Crippen LogP contribution is 2.24. The molecule has 1 N–H and O–H groups in total. The fraction of sp³-hybridized carbons (Fsp3) is 0.440. The Morgan fingerprint density at radius 2 is 1.76 bits per heavy atom. The minimum atomic E-state index is -0.0417. The van der Waals surface area contributed by atoms with E-state index in [4.69, 9.17) is 0 Å². The molecular weight excluding hydrogens is 434 g/mol. The lowest BCUT2D eigenvalue weighted by Gasteiger charge is -2.26. The first-order chi connectivity index (χ1) is 15.9. The summed E-state index contributed by atoms with van der Waals surface area (Å²) in [6, 6.07) is 10.3. The van der Waals surface area contributed by atoms with Gasteiger partial charge in [-0.25, -0.2) is 0 Å². The second-order valence-corrected chi connectivity index (χ2v) is 9.64. The van der Waals surface area contributed by atoms with Crippen molar-refractivity contribution in [2.45, 2.75) is 58.3 Å². The lowest BCUT2D eigenvalue weighted by atomic mass is 10.1. The maximum Gasteiger partial charge on any atom is 0.192 e. The van der Waals surface area contributed by atoms with E-state index in [2.05, 4.69) is 36.8 Å². The molecule has 0 saturated carbocycles. The van der Waals surface area contributed by atoms with Crippen molar-refractivity contribution in [2.24, 2.45) is 0 Å². The molecule has 174 valence electrons. The normalized spacial score (nSPS) is 14.5. The van der Waals surface area contributed by atoms with Gasteiger partial charge >= 0.3 is 0 Å². The number of nitrogens with zero attached hydrogens (tertiary/aromatic N) is 4. The Kier molecular flexibility index (Phi) is 7.45. The van der Waals surface area contributed by atoms with Gasteiger partial charge in [0.1, 0.15) is 5.82 Å². The van der Waals surface area contributed by atoms with Gasteiger partial charge in [-0.2, -0.15) is 0 Å². The molecule has 2 aromatic heterocycles. The number of carbonyl (C=O) groups is 2. The molecule has 0 bridgehead atoms. The Morgan fingerprint density at radius 3 is 2.42 bits per heavy atom. The summed E-state index contributed by atoms with van der Waals surface area (Å²) in [6.07, 6.45) is 3.74. The third-order valence-corrected chi connectivity index (χ3v) is 7.16. The van der Waals surface area contributed by atoms with E-state index in [1.165, 1.54) is 43.5 Å². The van der Waals surface area contributed by atoms with Crippen LogP contribution in [0.3, 0.4) is 0 Å². The molecule has 1 saturated heterocycles. The summed E-state index contributed by atoms with van der Waals surface area (Å²) in [5, 5.41) is 9.69. The monoisotopic (exact) mass is 465 g/mol. The third-order valence-electron chi connectivity index (χ3n) is 6.19. The number of benzene rings is 1. The van der Waals surface area contributed by atoms with Gasteiger partial charge in [0.2, 0.25) is 0 Å². The van der Waals surface area contributed by atoms with E-state index in [0.717, 1.165) is 41.9 Å². The smallest absolute Gasteiger partial charge is 0.192 e. The van der Waals surface area contributed by atoms with Crippen molar-refractivity contribution in [3.8, 4) is 0 Å². The second-order valence-electron chi connectivity index (χ2n) is 8.70. The quantitative estimate of drug-likeness (QED) is 0.372. The molecule has 3 aromatic rings. The topological polar surface area (TPSA) is 83.9 Å². The Hall–Kier alpha value is -2.71. The van der Waals surface area contributed by atoms with Crippen molar-refractivity contribution in [1.29, 1.82) is 0 Å². The molecule has 1 aliphatic rings. The van der Waals surface area contributed by atoms with Crippen LogP contribution >= 0.6 is 11.8 Å². The number of aromatic amines is 1. The van der Waals surface area contributed by atoms with E-state index in [1.807, 2.05) is 32.0 Å². The number of likely N-dealkylation sites (tertiary alicyclic amines) is 1. The number of Topliss-reactive ketones (excluding diaryl/α,β-unsaturated/α-hetero) is 2. The predicted molar refractivity (Wildman–Crippen MR) is 130 cm³/mol. The van der Waals surface area contributed by atoms with Gasteiger partial charge in [-0.05, 0) is 57.8 Å². The first-order valence-electron chi connectivity index (χ1n) is 11.5. The van der Waals surface area contributed by atoms with Crippen LogP contribution in [0.5, 0.6) is 0 Å². The van der Waals surface area contributed by atoms with Crippen LogP contribution < -0.4 is 0 Å². The molecule has 1 aromatic carbocycles. The van der Waals surface area contributed by atoms with Gasteiger partial charge in [0.25, 0.3) is 0 Å². The molecule has 4 rings (SSSR count). The van der Waals surface area contributed by atoms with Crippen molar-refractivity contribution >= 4 is 23.3 Å². The number of nitrogens with one attached hydrogen (secondary N) is 1. The number of thioether (sulfide) groups is 1. The lowest BCUT2D eigenvalue weighted by molar-refractivity contribution is 0.101. The van der Waals surface area contributed by atoms with Crippen LogP contribution in [0.25, 0.3) is 0 Å². The molecule has 0 radical (unpaired) electrons. The summed E-state index contributed by atoms with van der Waals surface area (Å²) >= 11 is 1.40. The number of ketones is 2. The van der Waals surface area contributed by atoms with Gasteiger partial charge in [-0.3, -0.25) is 14.5 Å². The van der Waals surface area contributed by atoms with Crippen LogP contribution in [-0.2, 0) is 13.1 Å². The lowest BCUT2D eigenvalue weighted by Crippen LogP contribution is -2.30. The SMILES string of the molecule is CC(=O)c1c(C)[nH]c(C(=O)CSc2nnc(CN3CCCCC3)n2Cc2ccccc2)c1C. The molecule has 7 nitrogen and oxygen atoms in total. The van der Waals surface area contributed by atoms with Gasteiger partial charge in [-0.1, -0.05) is 48.5 Å². The van der Waals surface area contributed by atoms with Crippen molar-refractivity contribution in [3.63, 3.8) is 0 Å². The van der Waals surface area contributed by atoms with E-state index in [0.29, 0.717) is 17.8 Å². The highest BCUT2D eigenvalue weighted by Gasteiger charge is 2.22. The van der Waals surface area contributed by atoms with E-state index < -0.39 is 0 Å². The number of hydrogen-bond acceptors (Lipinski definition) is 6. The van der Waals surface area contributed by atoms with E-state index in [1.54, 1.807) is 0 Å². The minimum absolute atomic E-state index is 0.0297. The molecule has 0 unspecified atom stereocenters. The molecule has 3 heterocycles. The Morgan fingerprint density at radius 1 is 1.03 bits per heavy atom. The van der Waals surface area contributed by atoms with Crippen LogP contribution in [0.15, 0.2) is 35.5 Å². The molecule has 33 heavy (non-hydrogen) atoms. The molecule has 8 heteroatoms. The van der Waals surface area contributed by atoms with Crippen LogP contribution in [0.4, 0.5) is 0 Å². The third kappa shape index (κ3) is 5.45. The number of piperidine rings is 1. The van der Waals surface area contributed by atoms with Crippen molar-refractivity contribution in [3.05, 3.63) is 64.2 Å². The highest BCUT2D eigenvalue weighted by molar-refractivity contribution is 7.99. The van der Waals surface area contributed by atoms with Gasteiger partial charge in [0, 0.05) is 11.3 Å². The maximum atomic E-state index is 13.0. The zero-order valence-electron chi connectivity index (χ0n) is 19.6. The fourth-order valence-electron chi connectivity index (χ4n) is 4.54. The van der Waals surface area contributed by atoms with Crippen LogP contribution in [0, 0.1) is 13.8 Å². The zero-order valence-corrected chi connectivity index (χ0v) is 20.4. The second kappa shape index (κ2) is 10.5. The fourth-order valence-corrected chi connectivity index (χ4v) is 5.37. The van der Waals surface area contributed by atoms with Gasteiger partial charge in [-0.15, -0.1) is 10.2 Å². The summed E-state index contributed by atoms with van der Waals surface area (Å²) in [4.78, 5) is 30.5. The number of aryl methyl sites for hydroxylation is 1. The van der Waals surface area contributed by atoms with Crippen LogP contribution in [0.2, 0.25) is 0 Å². The van der Waals surface area contributed by atoms with Gasteiger partial charge in [0.05, 0.1) is 24.5 Å². The number of carbonyl (C=O) groups excluding carboxylic acids is 2. The first kappa shape index (κ1) is 23.4. The molecule has 1 fully saturated rings. The van der Waals surface area contributed by atoms with Crippen molar-refractivity contribution in [1.82, 2.24) is 24.6 Å². The molecule has 0 amide bonds. The predicted octanol–water partition coefficient (Wildman–Crippen LogP) is 4.43. The average molecular weight is 466 g/mol. The van der Waals surface area contributed by atoms with E-state index in [-0.39, 0.29) is 17.3 Å². The Bertz CT molecular complexity index is 1130. The molecule has 1 aliphatic heterocycles. The van der Waals surface area contributed by atoms with Crippen molar-refractivity contribution < 1.29 is 9.59 Å². The largest absolute Gasteiger partial charge is 0.355 e. The van der Waals surface area contributed by atoms with Crippen LogP contribution in [-0.4, -0.2) is 55.1 Å². The summed E-state index contributed by atoms with van der Waals surface area (Å²) in [7, 11) is 0. The van der Waals surface area contributed by atoms with E-state index >= 15 is 0 Å². The number of hydrogen-bond donors (Lipinski definition) is 1. The Balaban J connectivity index is 1.53. The maximum absolute atomic E-state index is 13.0. The van der Waals surface area contributed by atoms with Crippen LogP contribution in [0.1, 0.15) is 69.7 Å². The van der Waals surface area contributed by atoms with E-state index in [9.17, 15) is 9.59 Å².